The van der Waals surface area contributed by atoms with Crippen LogP contribution in [0.3, 0.4) is 0 Å². The zero-order chi connectivity index (χ0) is 25.8. The number of hydrogen-bond donors (Lipinski definition) is 2. The topological polar surface area (TPSA) is 78.3 Å². The monoisotopic (exact) mass is 537 g/mol. The summed E-state index contributed by atoms with van der Waals surface area (Å²) in [7, 11) is 0. The standard InChI is InChI=1S/C27H44ClN5O2S/c1-6-20-14-17(3)18(4)19(5)25(33-10-12-35-13-11-33)31-24(20)32-27-29-15-22(36-27)26(34)30-23-16(2)8-7-9-21(23)28/h15-17,20-24,27,32H,6-14H2,1-5H3,(H,30,34). The van der Waals surface area contributed by atoms with Gasteiger partial charge in [-0.1, -0.05) is 32.8 Å². The number of alkyl halides is 1. The fraction of sp³-hybridized carbons (Fsp3) is 0.815. The average Bonchev–Trinajstić information content (AvgIpc) is 3.35. The Balaban J connectivity index is 1.46. The van der Waals surface area contributed by atoms with Crippen molar-refractivity contribution in [1.82, 2.24) is 15.5 Å². The fourth-order valence-electron chi connectivity index (χ4n) is 5.85. The van der Waals surface area contributed by atoms with E-state index in [0.717, 1.165) is 64.2 Å². The lowest BCUT2D eigenvalue weighted by molar-refractivity contribution is -0.120. The molecule has 202 valence electrons. The first-order valence-electron chi connectivity index (χ1n) is 13.8. The number of morpholine rings is 1. The Kier molecular flexibility index (Phi) is 9.80. The Labute approximate surface area is 226 Å². The van der Waals surface area contributed by atoms with Gasteiger partial charge in [0.2, 0.25) is 5.91 Å². The number of aliphatic imine (C=N–C) groups is 2. The van der Waals surface area contributed by atoms with Crippen LogP contribution in [0.5, 0.6) is 0 Å². The van der Waals surface area contributed by atoms with Gasteiger partial charge in [0, 0.05) is 25.3 Å². The van der Waals surface area contributed by atoms with E-state index in [2.05, 4.69) is 50.2 Å². The zero-order valence-electron chi connectivity index (χ0n) is 22.5. The van der Waals surface area contributed by atoms with Crippen LogP contribution in [-0.2, 0) is 9.53 Å². The van der Waals surface area contributed by atoms with Gasteiger partial charge in [-0.3, -0.25) is 15.1 Å². The summed E-state index contributed by atoms with van der Waals surface area (Å²) in [6.07, 6.45) is 7.06. The number of hydrogen-bond acceptors (Lipinski definition) is 7. The molecule has 4 aliphatic rings. The molecule has 0 spiro atoms. The third kappa shape index (κ3) is 6.48. The summed E-state index contributed by atoms with van der Waals surface area (Å²) in [5.74, 6) is 2.38. The zero-order valence-corrected chi connectivity index (χ0v) is 24.1. The molecule has 4 rings (SSSR count). The molecule has 2 fully saturated rings. The molecule has 0 aromatic carbocycles. The van der Waals surface area contributed by atoms with Crippen molar-refractivity contribution in [3.8, 4) is 0 Å². The number of nitrogens with zero attached hydrogens (tertiary/aromatic N) is 3. The molecule has 3 aliphatic heterocycles. The van der Waals surface area contributed by atoms with E-state index in [0.29, 0.717) is 17.8 Å². The van der Waals surface area contributed by atoms with Crippen molar-refractivity contribution >= 4 is 41.3 Å². The van der Waals surface area contributed by atoms with E-state index in [4.69, 9.17) is 26.3 Å². The number of amidine groups is 1. The molecule has 8 atom stereocenters. The second-order valence-corrected chi connectivity index (χ2v) is 12.7. The molecular formula is C27H44ClN5O2S. The van der Waals surface area contributed by atoms with Crippen molar-refractivity contribution in [1.29, 1.82) is 0 Å². The average molecular weight is 538 g/mol. The van der Waals surface area contributed by atoms with Crippen LogP contribution in [0.2, 0.25) is 0 Å². The molecule has 7 nitrogen and oxygen atoms in total. The van der Waals surface area contributed by atoms with Crippen molar-refractivity contribution in [3.05, 3.63) is 11.1 Å². The minimum atomic E-state index is -0.306. The fourth-order valence-corrected chi connectivity index (χ4v) is 7.28. The van der Waals surface area contributed by atoms with E-state index in [1.807, 2.05) is 0 Å². The number of allylic oxidation sites excluding steroid dienone is 1. The summed E-state index contributed by atoms with van der Waals surface area (Å²) in [4.78, 5) is 25.5. The number of rotatable bonds is 5. The van der Waals surface area contributed by atoms with Crippen molar-refractivity contribution in [2.45, 2.75) is 95.1 Å². The Morgan fingerprint density at radius 2 is 2.00 bits per heavy atom. The lowest BCUT2D eigenvalue weighted by atomic mass is 9.84. The molecule has 1 aliphatic carbocycles. The van der Waals surface area contributed by atoms with Crippen LogP contribution < -0.4 is 10.6 Å². The maximum absolute atomic E-state index is 13.1. The Morgan fingerprint density at radius 1 is 1.25 bits per heavy atom. The van der Waals surface area contributed by atoms with E-state index >= 15 is 0 Å². The number of ether oxygens (including phenoxy) is 1. The summed E-state index contributed by atoms with van der Waals surface area (Å²) < 4.78 is 5.61. The highest BCUT2D eigenvalue weighted by Crippen LogP contribution is 2.33. The number of thioether (sulfide) groups is 1. The molecule has 36 heavy (non-hydrogen) atoms. The van der Waals surface area contributed by atoms with Crippen LogP contribution in [0, 0.1) is 17.8 Å². The number of carbonyl (C=O) groups is 1. The highest BCUT2D eigenvalue weighted by Gasteiger charge is 2.36. The number of carbonyl (C=O) groups excluding carboxylic acids is 1. The highest BCUT2D eigenvalue weighted by molar-refractivity contribution is 8.02. The molecule has 0 radical (unpaired) electrons. The lowest BCUT2D eigenvalue weighted by Gasteiger charge is -2.37. The molecule has 9 heteroatoms. The summed E-state index contributed by atoms with van der Waals surface area (Å²) in [5, 5.41) is 6.63. The summed E-state index contributed by atoms with van der Waals surface area (Å²) in [6.45, 7) is 14.4. The largest absolute Gasteiger partial charge is 0.378 e. The minimum absolute atomic E-state index is 0.00452. The minimum Gasteiger partial charge on any atom is -0.378 e. The highest BCUT2D eigenvalue weighted by atomic mass is 35.5. The quantitative estimate of drug-likeness (QED) is 0.508. The van der Waals surface area contributed by atoms with Crippen molar-refractivity contribution < 1.29 is 9.53 Å². The summed E-state index contributed by atoms with van der Waals surface area (Å²) in [5.41, 5.74) is 2.52. The number of amides is 1. The van der Waals surface area contributed by atoms with Gasteiger partial charge in [-0.25, -0.2) is 4.99 Å². The second kappa shape index (κ2) is 12.6. The predicted molar refractivity (Wildman–Crippen MR) is 151 cm³/mol. The molecule has 3 heterocycles. The van der Waals surface area contributed by atoms with Gasteiger partial charge in [0.25, 0.3) is 0 Å². The molecular weight excluding hydrogens is 494 g/mol. The third-order valence-corrected chi connectivity index (χ3v) is 10.2. The Morgan fingerprint density at radius 3 is 2.69 bits per heavy atom. The van der Waals surface area contributed by atoms with E-state index in [1.165, 1.54) is 11.1 Å². The normalized spacial score (nSPS) is 37.9. The first kappa shape index (κ1) is 27.9. The van der Waals surface area contributed by atoms with E-state index in [1.54, 1.807) is 18.0 Å². The summed E-state index contributed by atoms with van der Waals surface area (Å²) >= 11 is 8.12. The Hall–Kier alpha value is -1.09. The van der Waals surface area contributed by atoms with Crippen molar-refractivity contribution in [2.24, 2.45) is 27.7 Å². The predicted octanol–water partition coefficient (Wildman–Crippen LogP) is 4.42. The summed E-state index contributed by atoms with van der Waals surface area (Å²) in [6, 6.07) is 0.0316. The van der Waals surface area contributed by atoms with Gasteiger partial charge in [0.15, 0.2) is 0 Å². The lowest BCUT2D eigenvalue weighted by Crippen LogP contribution is -2.50. The van der Waals surface area contributed by atoms with Gasteiger partial charge < -0.3 is 15.0 Å². The van der Waals surface area contributed by atoms with Gasteiger partial charge in [-0.15, -0.1) is 23.4 Å². The molecule has 1 amide bonds. The SMILES string of the molecule is CCC1CC(C)C(C)=C(C)C(N2CCOCC2)=NC1NC1N=CC(C(=O)NC2C(C)CCCC2Cl)S1. The first-order chi connectivity index (χ1) is 17.3. The molecule has 1 saturated carbocycles. The van der Waals surface area contributed by atoms with Gasteiger partial charge in [0.05, 0.1) is 18.6 Å². The van der Waals surface area contributed by atoms with E-state index < -0.39 is 0 Å². The smallest absolute Gasteiger partial charge is 0.238 e. The van der Waals surface area contributed by atoms with Gasteiger partial charge in [-0.2, -0.15) is 0 Å². The van der Waals surface area contributed by atoms with Crippen molar-refractivity contribution in [3.63, 3.8) is 0 Å². The molecule has 0 aromatic heterocycles. The van der Waals surface area contributed by atoms with Crippen LogP contribution >= 0.6 is 23.4 Å². The molecule has 0 bridgehead atoms. The van der Waals surface area contributed by atoms with Gasteiger partial charge in [-0.05, 0) is 62.9 Å². The van der Waals surface area contributed by atoms with Crippen molar-refractivity contribution in [2.75, 3.05) is 26.3 Å². The molecule has 1 saturated heterocycles. The van der Waals surface area contributed by atoms with Crippen LogP contribution in [0.25, 0.3) is 0 Å². The van der Waals surface area contributed by atoms with Crippen LogP contribution in [0.1, 0.15) is 66.7 Å². The molecule has 8 unspecified atom stereocenters. The van der Waals surface area contributed by atoms with Crippen LogP contribution in [-0.4, -0.2) is 77.5 Å². The van der Waals surface area contributed by atoms with E-state index in [9.17, 15) is 4.79 Å². The second-order valence-electron chi connectivity index (χ2n) is 10.9. The third-order valence-electron chi connectivity index (χ3n) is 8.52. The van der Waals surface area contributed by atoms with Gasteiger partial charge in [0.1, 0.15) is 22.7 Å². The van der Waals surface area contributed by atoms with Crippen LogP contribution in [0.4, 0.5) is 0 Å². The van der Waals surface area contributed by atoms with Gasteiger partial charge >= 0.3 is 0 Å². The van der Waals surface area contributed by atoms with Crippen LogP contribution in [0.15, 0.2) is 21.1 Å². The Bertz CT molecular complexity index is 864. The van der Waals surface area contributed by atoms with E-state index in [-0.39, 0.29) is 34.2 Å². The maximum Gasteiger partial charge on any atom is 0.238 e. The molecule has 0 aromatic rings. The first-order valence-corrected chi connectivity index (χ1v) is 15.1. The number of halogens is 1. The number of nitrogens with one attached hydrogen (secondary N) is 2. The maximum atomic E-state index is 13.1. The molecule has 2 N–H and O–H groups in total.